The summed E-state index contributed by atoms with van der Waals surface area (Å²) < 4.78 is 0. The predicted molar refractivity (Wildman–Crippen MR) is 49.1 cm³/mol. The molecule has 1 aromatic rings. The normalized spacial score (nSPS) is 9.64. The molecule has 0 bridgehead atoms. The van der Waals surface area contributed by atoms with Gasteiger partial charge < -0.3 is 4.79 Å². The first-order valence-corrected chi connectivity index (χ1v) is 3.76. The zero-order valence-corrected chi connectivity index (χ0v) is 7.27. The first-order valence-electron chi connectivity index (χ1n) is 3.38. The van der Waals surface area contributed by atoms with E-state index in [-0.39, 0.29) is 5.68 Å². The van der Waals surface area contributed by atoms with Crippen molar-refractivity contribution in [3.63, 3.8) is 0 Å². The lowest BCUT2D eigenvalue weighted by atomic mass is 9.92. The lowest BCUT2D eigenvalue weighted by Gasteiger charge is -2.00. The van der Waals surface area contributed by atoms with Gasteiger partial charge in [-0.15, -0.1) is 0 Å². The van der Waals surface area contributed by atoms with Crippen LogP contribution in [0, 0.1) is 6.92 Å². The second-order valence-electron chi connectivity index (χ2n) is 2.52. The van der Waals surface area contributed by atoms with Crippen LogP contribution in [-0.2, 0) is 0 Å². The van der Waals surface area contributed by atoms with Gasteiger partial charge in [0.05, 0.1) is 0 Å². The van der Waals surface area contributed by atoms with E-state index in [1.807, 2.05) is 6.92 Å². The summed E-state index contributed by atoms with van der Waals surface area (Å²) in [6, 6.07) is 5.27. The Labute approximate surface area is 71.8 Å². The van der Waals surface area contributed by atoms with E-state index in [4.69, 9.17) is 11.6 Å². The highest BCUT2D eigenvalue weighted by Gasteiger charge is 2.02. The Morgan fingerprint density at radius 2 is 2.18 bits per heavy atom. The van der Waals surface area contributed by atoms with Gasteiger partial charge in [-0.2, -0.15) is 0 Å². The van der Waals surface area contributed by atoms with Gasteiger partial charge in [-0.1, -0.05) is 17.7 Å². The van der Waals surface area contributed by atoms with Gasteiger partial charge in [-0.25, -0.2) is 0 Å². The zero-order chi connectivity index (χ0) is 8.43. The van der Waals surface area contributed by atoms with Crippen LogP contribution in [0.5, 0.6) is 0 Å². The van der Waals surface area contributed by atoms with E-state index in [2.05, 4.69) is 0 Å². The van der Waals surface area contributed by atoms with Crippen molar-refractivity contribution >= 4 is 25.1 Å². The molecule has 0 atom stereocenters. The van der Waals surface area contributed by atoms with Gasteiger partial charge in [0.25, 0.3) is 0 Å². The summed E-state index contributed by atoms with van der Waals surface area (Å²) in [5.41, 5.74) is 1.76. The molecule has 0 spiro atoms. The molecule has 0 aliphatic carbocycles. The van der Waals surface area contributed by atoms with Crippen molar-refractivity contribution in [2.75, 3.05) is 0 Å². The summed E-state index contributed by atoms with van der Waals surface area (Å²) >= 11 is 5.71. The van der Waals surface area contributed by atoms with Crippen molar-refractivity contribution in [2.45, 2.75) is 6.92 Å². The lowest BCUT2D eigenvalue weighted by Crippen LogP contribution is -1.99. The molecule has 0 heterocycles. The number of carbonyl (C=O) groups excluding carboxylic acids is 1. The molecule has 1 rings (SSSR count). The molecule has 0 radical (unpaired) electrons. The number of carbonyl (C=O) groups is 1. The van der Waals surface area contributed by atoms with E-state index in [0.717, 1.165) is 11.1 Å². The maximum Gasteiger partial charge on any atom is 0.193 e. The summed E-state index contributed by atoms with van der Waals surface area (Å²) in [4.78, 5) is 10.9. The average molecular weight is 166 g/mol. The molecule has 3 heteroatoms. The quantitative estimate of drug-likeness (QED) is 0.577. The van der Waals surface area contributed by atoms with Gasteiger partial charge in [0, 0.05) is 10.6 Å². The molecule has 0 N–H and O–H groups in total. The number of aryl methyl sites for hydroxylation is 1. The molecule has 11 heavy (non-hydrogen) atoms. The van der Waals surface area contributed by atoms with Gasteiger partial charge >= 0.3 is 0 Å². The van der Waals surface area contributed by atoms with E-state index in [1.165, 1.54) is 0 Å². The Kier molecular flexibility index (Phi) is 2.35. The Morgan fingerprint density at radius 3 is 2.64 bits per heavy atom. The van der Waals surface area contributed by atoms with Crippen molar-refractivity contribution in [1.29, 1.82) is 0 Å². The van der Waals surface area contributed by atoms with Gasteiger partial charge in [0.1, 0.15) is 5.68 Å². The molecule has 0 unspecified atom stereocenters. The topological polar surface area (TPSA) is 17.1 Å². The van der Waals surface area contributed by atoms with Crippen molar-refractivity contribution < 1.29 is 4.79 Å². The summed E-state index contributed by atoms with van der Waals surface area (Å²) in [5, 5.41) is 0.674. The van der Waals surface area contributed by atoms with Crippen LogP contribution in [0.4, 0.5) is 0 Å². The molecule has 56 valence electrons. The Bertz CT molecular complexity index is 296. The predicted octanol–water partition coefficient (Wildman–Crippen LogP) is 1.42. The number of benzene rings is 1. The van der Waals surface area contributed by atoms with Crippen molar-refractivity contribution in [3.8, 4) is 0 Å². The highest BCUT2D eigenvalue weighted by molar-refractivity contribution is 6.62. The SMILES string of the molecule is BC(=O)c1ccc(Cl)cc1C. The maximum absolute atomic E-state index is 10.9. The van der Waals surface area contributed by atoms with Crippen LogP contribution in [0.15, 0.2) is 18.2 Å². The molecule has 1 nitrogen and oxygen atoms in total. The van der Waals surface area contributed by atoms with E-state index >= 15 is 0 Å². The lowest BCUT2D eigenvalue weighted by molar-refractivity contribution is 0.108. The van der Waals surface area contributed by atoms with Crippen LogP contribution in [0.1, 0.15) is 15.9 Å². The van der Waals surface area contributed by atoms with Gasteiger partial charge in [-0.05, 0) is 24.6 Å². The second-order valence-corrected chi connectivity index (χ2v) is 2.95. The van der Waals surface area contributed by atoms with Crippen LogP contribution in [0.2, 0.25) is 5.02 Å². The van der Waals surface area contributed by atoms with E-state index < -0.39 is 0 Å². The first kappa shape index (κ1) is 8.34. The first-order chi connectivity index (χ1) is 5.11. The minimum absolute atomic E-state index is 0.0826. The van der Waals surface area contributed by atoms with Crippen LogP contribution in [0.3, 0.4) is 0 Å². The van der Waals surface area contributed by atoms with E-state index in [1.54, 1.807) is 26.0 Å². The highest BCUT2D eigenvalue weighted by atomic mass is 35.5. The van der Waals surface area contributed by atoms with Crippen molar-refractivity contribution in [3.05, 3.63) is 34.3 Å². The minimum Gasteiger partial charge on any atom is -0.307 e. The molecule has 0 saturated carbocycles. The molecule has 0 aliphatic rings. The van der Waals surface area contributed by atoms with Crippen LogP contribution in [0.25, 0.3) is 0 Å². The maximum atomic E-state index is 10.9. The number of hydrogen-bond donors (Lipinski definition) is 0. The summed E-state index contributed by atoms with van der Waals surface area (Å²) in [7, 11) is 1.55. The molecule has 0 aromatic heterocycles. The third-order valence-electron chi connectivity index (χ3n) is 1.57. The number of halogens is 1. The van der Waals surface area contributed by atoms with Gasteiger partial charge in [0.2, 0.25) is 0 Å². The summed E-state index contributed by atoms with van der Waals surface area (Å²) in [5.74, 6) is 0. The van der Waals surface area contributed by atoms with Crippen LogP contribution >= 0.6 is 11.6 Å². The van der Waals surface area contributed by atoms with Crippen LogP contribution < -0.4 is 0 Å². The fourth-order valence-electron chi connectivity index (χ4n) is 1.02. The van der Waals surface area contributed by atoms with Crippen LogP contribution in [-0.4, -0.2) is 13.5 Å². The number of rotatable bonds is 1. The molecule has 1 aromatic carbocycles. The zero-order valence-electron chi connectivity index (χ0n) is 6.52. The fourth-order valence-corrected chi connectivity index (χ4v) is 1.25. The summed E-state index contributed by atoms with van der Waals surface area (Å²) in [6.45, 7) is 1.88. The molecule has 0 amide bonds. The molecular weight excluding hydrogens is 158 g/mol. The molecule has 0 aliphatic heterocycles. The van der Waals surface area contributed by atoms with E-state index in [9.17, 15) is 4.79 Å². The smallest absolute Gasteiger partial charge is 0.193 e. The monoisotopic (exact) mass is 166 g/mol. The van der Waals surface area contributed by atoms with Gasteiger partial charge in [-0.3, -0.25) is 0 Å². The van der Waals surface area contributed by atoms with Gasteiger partial charge in [0.15, 0.2) is 7.85 Å². The molecule has 0 fully saturated rings. The fraction of sp³-hybridized carbons (Fsp3) is 0.125. The Morgan fingerprint density at radius 1 is 1.55 bits per heavy atom. The second kappa shape index (κ2) is 3.10. The molecular formula is C8H8BClO. The minimum atomic E-state index is 0.0826. The average Bonchev–Trinajstić information content (AvgIpc) is 1.85. The van der Waals surface area contributed by atoms with E-state index in [0.29, 0.717) is 5.02 Å². The largest absolute Gasteiger partial charge is 0.307 e. The van der Waals surface area contributed by atoms with Crippen molar-refractivity contribution in [2.24, 2.45) is 0 Å². The molecule has 0 saturated heterocycles. The van der Waals surface area contributed by atoms with Crippen molar-refractivity contribution in [1.82, 2.24) is 0 Å². The third kappa shape index (κ3) is 1.84. The Balaban J connectivity index is 3.20. The number of hydrogen-bond acceptors (Lipinski definition) is 1. The third-order valence-corrected chi connectivity index (χ3v) is 1.80. The summed E-state index contributed by atoms with van der Waals surface area (Å²) in [6.07, 6.45) is 0. The highest BCUT2D eigenvalue weighted by Crippen LogP contribution is 2.14. The standard InChI is InChI=1S/C8H8BClO/c1-5-4-6(10)2-3-7(5)8(9)11/h2-4H,9H2,1H3. The Hall–Kier alpha value is -0.755.